The normalized spacial score (nSPS) is 17.7. The molecule has 0 spiro atoms. The number of nitrogens with one attached hydrogen (secondary N) is 1. The molecular weight excluding hydrogens is 364 g/mol. The molecule has 3 heterocycles. The van der Waals surface area contributed by atoms with Gasteiger partial charge in [-0.15, -0.1) is 0 Å². The predicted octanol–water partition coefficient (Wildman–Crippen LogP) is 2.54. The van der Waals surface area contributed by atoms with Crippen LogP contribution in [0.4, 0.5) is 0 Å². The van der Waals surface area contributed by atoms with Crippen molar-refractivity contribution in [2.45, 2.75) is 51.2 Å². The number of rotatable bonds is 4. The molecule has 0 atom stereocenters. The van der Waals surface area contributed by atoms with Gasteiger partial charge >= 0.3 is 0 Å². The third kappa shape index (κ3) is 3.33. The summed E-state index contributed by atoms with van der Waals surface area (Å²) in [4.78, 5) is 20.1. The van der Waals surface area contributed by atoms with Crippen molar-refractivity contribution in [3.8, 4) is 0 Å². The van der Waals surface area contributed by atoms with Crippen LogP contribution in [0.5, 0.6) is 0 Å². The van der Waals surface area contributed by atoms with Crippen molar-refractivity contribution >= 4 is 16.9 Å². The number of para-hydroxylation sites is 2. The van der Waals surface area contributed by atoms with Crippen LogP contribution in [-0.4, -0.2) is 42.7 Å². The predicted molar refractivity (Wildman–Crippen MR) is 111 cm³/mol. The van der Waals surface area contributed by atoms with Crippen molar-refractivity contribution in [2.75, 3.05) is 6.54 Å². The summed E-state index contributed by atoms with van der Waals surface area (Å²) in [6.45, 7) is 2.45. The Morgan fingerprint density at radius 3 is 2.79 bits per heavy atom. The van der Waals surface area contributed by atoms with Gasteiger partial charge in [0.1, 0.15) is 5.82 Å². The molecule has 0 bridgehead atoms. The topological polar surface area (TPSA) is 68.0 Å². The highest BCUT2D eigenvalue weighted by Crippen LogP contribution is 2.25. The molecule has 1 aliphatic carbocycles. The Hall–Kier alpha value is -2.67. The number of hydrogen-bond acceptors (Lipinski definition) is 4. The van der Waals surface area contributed by atoms with Crippen LogP contribution in [0.25, 0.3) is 11.0 Å². The van der Waals surface area contributed by atoms with Crippen LogP contribution in [0.3, 0.4) is 0 Å². The second-order valence-electron chi connectivity index (χ2n) is 8.39. The van der Waals surface area contributed by atoms with Crippen molar-refractivity contribution < 1.29 is 4.79 Å². The molecule has 1 fully saturated rings. The number of carbonyl (C=O) groups is 1. The average Bonchev–Trinajstić information content (AvgIpc) is 3.42. The Balaban J connectivity index is 1.37. The standard InChI is InChI=1S/C22H28N6O/c1-26-19-10-6-5-9-17(19)24-20(26)14-28-12-11-18-16(13-28)21(25-27(18)2)22(29)23-15-7-3-4-8-15/h5-6,9-10,15H,3-4,7-8,11-14H2,1-2H3,(H,23,29). The first kappa shape index (κ1) is 18.4. The molecule has 2 aromatic heterocycles. The van der Waals surface area contributed by atoms with Crippen molar-refractivity contribution in [1.29, 1.82) is 0 Å². The van der Waals surface area contributed by atoms with Gasteiger partial charge in [-0.2, -0.15) is 5.10 Å². The summed E-state index contributed by atoms with van der Waals surface area (Å²) < 4.78 is 4.06. The zero-order chi connectivity index (χ0) is 20.0. The molecule has 7 heteroatoms. The first-order valence-corrected chi connectivity index (χ1v) is 10.6. The van der Waals surface area contributed by atoms with Gasteiger partial charge in [-0.1, -0.05) is 25.0 Å². The number of hydrogen-bond donors (Lipinski definition) is 1. The molecule has 1 saturated carbocycles. The van der Waals surface area contributed by atoms with Gasteiger partial charge in [-0.05, 0) is 25.0 Å². The van der Waals surface area contributed by atoms with Crippen LogP contribution < -0.4 is 5.32 Å². The minimum Gasteiger partial charge on any atom is -0.348 e. The van der Waals surface area contributed by atoms with Gasteiger partial charge in [-0.3, -0.25) is 14.4 Å². The highest BCUT2D eigenvalue weighted by molar-refractivity contribution is 5.94. The highest BCUT2D eigenvalue weighted by atomic mass is 16.2. The van der Waals surface area contributed by atoms with E-state index in [0.717, 1.165) is 61.3 Å². The van der Waals surface area contributed by atoms with Gasteiger partial charge in [0.2, 0.25) is 0 Å². The Bertz CT molecular complexity index is 1060. The molecule has 1 aromatic carbocycles. The smallest absolute Gasteiger partial charge is 0.272 e. The summed E-state index contributed by atoms with van der Waals surface area (Å²) in [6, 6.07) is 8.54. The summed E-state index contributed by atoms with van der Waals surface area (Å²) in [5.74, 6) is 1.04. The molecule has 29 heavy (non-hydrogen) atoms. The van der Waals surface area contributed by atoms with E-state index in [4.69, 9.17) is 4.98 Å². The number of aryl methyl sites for hydroxylation is 2. The second kappa shape index (κ2) is 7.30. The monoisotopic (exact) mass is 392 g/mol. The van der Waals surface area contributed by atoms with Crippen molar-refractivity contribution in [2.24, 2.45) is 14.1 Å². The fourth-order valence-electron chi connectivity index (χ4n) is 4.83. The first-order valence-electron chi connectivity index (χ1n) is 10.6. The lowest BCUT2D eigenvalue weighted by molar-refractivity contribution is 0.0929. The lowest BCUT2D eigenvalue weighted by atomic mass is 10.0. The van der Waals surface area contributed by atoms with E-state index < -0.39 is 0 Å². The molecule has 3 aromatic rings. The zero-order valence-electron chi connectivity index (χ0n) is 17.2. The molecule has 152 valence electrons. The molecule has 1 amide bonds. The maximum Gasteiger partial charge on any atom is 0.272 e. The number of aromatic nitrogens is 4. The Labute approximate surface area is 170 Å². The third-order valence-corrected chi connectivity index (χ3v) is 6.47. The van der Waals surface area contributed by atoms with Gasteiger partial charge in [0.05, 0.1) is 17.6 Å². The second-order valence-corrected chi connectivity index (χ2v) is 8.39. The zero-order valence-corrected chi connectivity index (χ0v) is 17.2. The van der Waals surface area contributed by atoms with E-state index in [1.54, 1.807) is 0 Å². The molecule has 7 nitrogen and oxygen atoms in total. The number of amides is 1. The van der Waals surface area contributed by atoms with Gasteiger partial charge in [0, 0.05) is 50.9 Å². The van der Waals surface area contributed by atoms with Gasteiger partial charge < -0.3 is 9.88 Å². The number of nitrogens with zero attached hydrogens (tertiary/aromatic N) is 5. The Morgan fingerprint density at radius 1 is 1.21 bits per heavy atom. The summed E-state index contributed by atoms with van der Waals surface area (Å²) in [5, 5.41) is 7.79. The SMILES string of the molecule is Cn1nc(C(=O)NC2CCCC2)c2c1CCN(Cc1nc3ccccc3n1C)C2. The number of carbonyl (C=O) groups excluding carboxylic acids is 1. The largest absolute Gasteiger partial charge is 0.348 e. The van der Waals surface area contributed by atoms with E-state index in [1.807, 2.05) is 23.9 Å². The van der Waals surface area contributed by atoms with Crippen molar-refractivity contribution in [3.05, 3.63) is 47.0 Å². The lowest BCUT2D eigenvalue weighted by Gasteiger charge is -2.27. The third-order valence-electron chi connectivity index (χ3n) is 6.47. The van der Waals surface area contributed by atoms with Crippen LogP contribution in [0.15, 0.2) is 24.3 Å². The van der Waals surface area contributed by atoms with Crippen LogP contribution >= 0.6 is 0 Å². The minimum absolute atomic E-state index is 0.0154. The molecule has 0 radical (unpaired) electrons. The molecule has 0 saturated heterocycles. The molecule has 2 aliphatic rings. The number of fused-ring (bicyclic) bond motifs is 2. The van der Waals surface area contributed by atoms with Crippen LogP contribution in [0, 0.1) is 0 Å². The summed E-state index contributed by atoms with van der Waals surface area (Å²) in [5.41, 5.74) is 5.04. The van der Waals surface area contributed by atoms with E-state index >= 15 is 0 Å². The van der Waals surface area contributed by atoms with Crippen LogP contribution in [0.2, 0.25) is 0 Å². The quantitative estimate of drug-likeness (QED) is 0.741. The maximum atomic E-state index is 12.9. The van der Waals surface area contributed by atoms with Crippen molar-refractivity contribution in [3.63, 3.8) is 0 Å². The minimum atomic E-state index is -0.0154. The summed E-state index contributed by atoms with van der Waals surface area (Å²) >= 11 is 0. The van der Waals surface area contributed by atoms with E-state index in [0.29, 0.717) is 11.7 Å². The number of benzene rings is 1. The summed E-state index contributed by atoms with van der Waals surface area (Å²) in [6.07, 6.45) is 5.48. The number of imidazole rings is 1. The Kier molecular flexibility index (Phi) is 4.62. The van der Waals surface area contributed by atoms with Gasteiger partial charge in [0.25, 0.3) is 5.91 Å². The Morgan fingerprint density at radius 2 is 2.00 bits per heavy atom. The molecular formula is C22H28N6O. The van der Waals surface area contributed by atoms with E-state index in [1.165, 1.54) is 18.5 Å². The summed E-state index contributed by atoms with van der Waals surface area (Å²) in [7, 11) is 4.02. The van der Waals surface area contributed by atoms with E-state index in [2.05, 4.69) is 39.1 Å². The first-order chi connectivity index (χ1) is 14.1. The fraction of sp³-hybridized carbons (Fsp3) is 0.500. The molecule has 1 aliphatic heterocycles. The van der Waals surface area contributed by atoms with Crippen LogP contribution in [-0.2, 0) is 33.6 Å². The van der Waals surface area contributed by atoms with Gasteiger partial charge in [-0.25, -0.2) is 4.98 Å². The van der Waals surface area contributed by atoms with E-state index in [9.17, 15) is 4.79 Å². The lowest BCUT2D eigenvalue weighted by Crippen LogP contribution is -2.35. The maximum absolute atomic E-state index is 12.9. The van der Waals surface area contributed by atoms with Crippen molar-refractivity contribution in [1.82, 2.24) is 29.5 Å². The molecule has 0 unspecified atom stereocenters. The van der Waals surface area contributed by atoms with E-state index in [-0.39, 0.29) is 5.91 Å². The van der Waals surface area contributed by atoms with Gasteiger partial charge in [0.15, 0.2) is 5.69 Å². The molecule has 1 N–H and O–H groups in total. The van der Waals surface area contributed by atoms with Crippen LogP contribution in [0.1, 0.15) is 53.3 Å². The average molecular weight is 393 g/mol. The molecule has 5 rings (SSSR count). The fourth-order valence-corrected chi connectivity index (χ4v) is 4.83. The highest BCUT2D eigenvalue weighted by Gasteiger charge is 2.29.